The molecular formula is C28H37N5O5. The van der Waals surface area contributed by atoms with Gasteiger partial charge < -0.3 is 24.4 Å². The monoisotopic (exact) mass is 523 g/mol. The Labute approximate surface area is 223 Å². The number of carbonyl (C=O) groups excluding carboxylic acids is 2. The largest absolute Gasteiger partial charge is 0.493 e. The molecule has 1 saturated heterocycles. The number of benzene rings is 2. The Morgan fingerprint density at radius 1 is 1.18 bits per heavy atom. The Morgan fingerprint density at radius 3 is 2.63 bits per heavy atom. The van der Waals surface area contributed by atoms with Crippen LogP contribution in [0.4, 0.5) is 0 Å². The standard InChI is InChI=1S/C28H37N5O5/c1-6-28(2,3)29-27(35)26(19-13-14-23(36-4)24(16-19)37-5)32(17-20-10-9-15-38-20)25(34)18-33-22-12-8-7-11-21(22)30-31-33/h7-8,11-14,16,20,26H,6,9-10,15,17-18H2,1-5H3,(H,29,35)/t20-,26-/m1/s1. The molecule has 3 aromatic rings. The highest BCUT2D eigenvalue weighted by molar-refractivity contribution is 5.90. The molecule has 10 nitrogen and oxygen atoms in total. The Balaban J connectivity index is 1.76. The fourth-order valence-corrected chi connectivity index (χ4v) is 4.60. The molecule has 1 N–H and O–H groups in total. The quantitative estimate of drug-likeness (QED) is 0.410. The molecule has 2 atom stereocenters. The number of ether oxygens (including phenoxy) is 3. The summed E-state index contributed by atoms with van der Waals surface area (Å²) in [5.41, 5.74) is 1.59. The van der Waals surface area contributed by atoms with E-state index < -0.39 is 11.6 Å². The van der Waals surface area contributed by atoms with Crippen LogP contribution < -0.4 is 14.8 Å². The van der Waals surface area contributed by atoms with Crippen molar-refractivity contribution in [3.05, 3.63) is 48.0 Å². The molecule has 1 aromatic heterocycles. The fraction of sp³-hybridized carbons (Fsp3) is 0.500. The molecule has 4 rings (SSSR count). The molecule has 0 radical (unpaired) electrons. The molecule has 0 aliphatic carbocycles. The van der Waals surface area contributed by atoms with E-state index in [0.29, 0.717) is 29.2 Å². The summed E-state index contributed by atoms with van der Waals surface area (Å²) >= 11 is 0. The van der Waals surface area contributed by atoms with Gasteiger partial charge in [0.05, 0.1) is 25.8 Å². The second-order valence-electron chi connectivity index (χ2n) is 10.2. The summed E-state index contributed by atoms with van der Waals surface area (Å²) in [7, 11) is 3.10. The molecule has 204 valence electrons. The Hall–Kier alpha value is -3.66. The van der Waals surface area contributed by atoms with Gasteiger partial charge in [-0.25, -0.2) is 4.68 Å². The number of carbonyl (C=O) groups is 2. The van der Waals surface area contributed by atoms with Gasteiger partial charge in [-0.05, 0) is 62.9 Å². The van der Waals surface area contributed by atoms with Crippen LogP contribution in [0.15, 0.2) is 42.5 Å². The zero-order valence-electron chi connectivity index (χ0n) is 22.8. The summed E-state index contributed by atoms with van der Waals surface area (Å²) in [6, 6.07) is 11.8. The number of nitrogens with one attached hydrogen (secondary N) is 1. The fourth-order valence-electron chi connectivity index (χ4n) is 4.60. The van der Waals surface area contributed by atoms with Crippen molar-refractivity contribution in [1.82, 2.24) is 25.2 Å². The van der Waals surface area contributed by atoms with E-state index in [1.807, 2.05) is 45.0 Å². The first-order valence-corrected chi connectivity index (χ1v) is 13.0. The number of amides is 2. The van der Waals surface area contributed by atoms with Crippen LogP contribution in [-0.2, 0) is 20.9 Å². The average Bonchev–Trinajstić information content (AvgIpc) is 3.58. The number of fused-ring (bicyclic) bond motifs is 1. The normalized spacial score (nSPS) is 16.3. The van der Waals surface area contributed by atoms with Gasteiger partial charge >= 0.3 is 0 Å². The van der Waals surface area contributed by atoms with Gasteiger partial charge in [-0.1, -0.05) is 30.3 Å². The summed E-state index contributed by atoms with van der Waals surface area (Å²) < 4.78 is 18.4. The maximum atomic E-state index is 14.0. The molecule has 1 aliphatic rings. The van der Waals surface area contributed by atoms with Crippen LogP contribution >= 0.6 is 0 Å². The summed E-state index contributed by atoms with van der Waals surface area (Å²) in [5, 5.41) is 11.5. The number of methoxy groups -OCH3 is 2. The highest BCUT2D eigenvalue weighted by Gasteiger charge is 2.36. The molecule has 0 spiro atoms. The summed E-state index contributed by atoms with van der Waals surface area (Å²) in [4.78, 5) is 29.6. The van der Waals surface area contributed by atoms with Crippen LogP contribution in [0.25, 0.3) is 11.0 Å². The van der Waals surface area contributed by atoms with Crippen molar-refractivity contribution in [3.8, 4) is 11.5 Å². The maximum Gasteiger partial charge on any atom is 0.247 e. The van der Waals surface area contributed by atoms with Crippen molar-refractivity contribution in [2.45, 2.75) is 64.3 Å². The number of hydrogen-bond acceptors (Lipinski definition) is 7. The Morgan fingerprint density at radius 2 is 1.95 bits per heavy atom. The molecule has 0 bridgehead atoms. The number of para-hydroxylation sites is 1. The van der Waals surface area contributed by atoms with Crippen molar-refractivity contribution in [3.63, 3.8) is 0 Å². The van der Waals surface area contributed by atoms with Crippen molar-refractivity contribution >= 4 is 22.8 Å². The molecule has 0 unspecified atom stereocenters. The van der Waals surface area contributed by atoms with Crippen LogP contribution in [0.1, 0.15) is 51.6 Å². The van der Waals surface area contributed by atoms with E-state index in [2.05, 4.69) is 15.6 Å². The molecule has 1 aliphatic heterocycles. The van der Waals surface area contributed by atoms with Crippen LogP contribution in [0.5, 0.6) is 11.5 Å². The number of nitrogens with zero attached hydrogens (tertiary/aromatic N) is 4. The Bertz CT molecular complexity index is 1270. The SMILES string of the molecule is CCC(C)(C)NC(=O)[C@@H](c1ccc(OC)c(OC)c1)N(C[C@H]1CCCO1)C(=O)Cn1nnc2ccccc21. The smallest absolute Gasteiger partial charge is 0.247 e. The van der Waals surface area contributed by atoms with E-state index >= 15 is 0 Å². The topological polar surface area (TPSA) is 108 Å². The number of rotatable bonds is 11. The first-order chi connectivity index (χ1) is 18.3. The third-order valence-corrected chi connectivity index (χ3v) is 7.08. The minimum atomic E-state index is -0.924. The van der Waals surface area contributed by atoms with E-state index in [-0.39, 0.29) is 31.0 Å². The predicted molar refractivity (Wildman–Crippen MR) is 143 cm³/mol. The minimum absolute atomic E-state index is 0.0680. The lowest BCUT2D eigenvalue weighted by atomic mass is 9.98. The highest BCUT2D eigenvalue weighted by Crippen LogP contribution is 2.33. The van der Waals surface area contributed by atoms with Gasteiger partial charge in [0.25, 0.3) is 0 Å². The second kappa shape index (κ2) is 11.8. The van der Waals surface area contributed by atoms with Gasteiger partial charge in [0, 0.05) is 18.7 Å². The van der Waals surface area contributed by atoms with Crippen LogP contribution in [0.2, 0.25) is 0 Å². The van der Waals surface area contributed by atoms with Crippen molar-refractivity contribution in [2.24, 2.45) is 0 Å². The lowest BCUT2D eigenvalue weighted by molar-refractivity contribution is -0.144. The van der Waals surface area contributed by atoms with Gasteiger partial charge in [-0.3, -0.25) is 9.59 Å². The molecule has 2 amide bonds. The lowest BCUT2D eigenvalue weighted by Gasteiger charge is -2.35. The summed E-state index contributed by atoms with van der Waals surface area (Å²) in [5.74, 6) is 0.471. The molecule has 10 heteroatoms. The molecule has 2 aromatic carbocycles. The third kappa shape index (κ3) is 6.07. The second-order valence-corrected chi connectivity index (χ2v) is 10.2. The number of hydrogen-bond donors (Lipinski definition) is 1. The number of aromatic nitrogens is 3. The van der Waals surface area contributed by atoms with Gasteiger partial charge in [0.1, 0.15) is 18.1 Å². The minimum Gasteiger partial charge on any atom is -0.493 e. The van der Waals surface area contributed by atoms with E-state index in [0.717, 1.165) is 24.8 Å². The maximum absolute atomic E-state index is 14.0. The molecule has 2 heterocycles. The first kappa shape index (κ1) is 27.4. The molecule has 1 fully saturated rings. The van der Waals surface area contributed by atoms with Crippen molar-refractivity contribution in [1.29, 1.82) is 0 Å². The van der Waals surface area contributed by atoms with E-state index in [9.17, 15) is 9.59 Å². The first-order valence-electron chi connectivity index (χ1n) is 13.0. The Kier molecular flexibility index (Phi) is 8.51. The predicted octanol–water partition coefficient (Wildman–Crippen LogP) is 3.50. The molecule has 38 heavy (non-hydrogen) atoms. The third-order valence-electron chi connectivity index (χ3n) is 7.08. The van der Waals surface area contributed by atoms with Crippen LogP contribution in [-0.4, -0.2) is 70.7 Å². The van der Waals surface area contributed by atoms with Crippen molar-refractivity contribution in [2.75, 3.05) is 27.4 Å². The van der Waals surface area contributed by atoms with E-state index in [1.54, 1.807) is 42.0 Å². The van der Waals surface area contributed by atoms with E-state index in [1.165, 1.54) is 0 Å². The summed E-state index contributed by atoms with van der Waals surface area (Å²) in [6.45, 7) is 6.77. The van der Waals surface area contributed by atoms with Gasteiger partial charge in [0.2, 0.25) is 11.8 Å². The molecule has 0 saturated carbocycles. The van der Waals surface area contributed by atoms with E-state index in [4.69, 9.17) is 14.2 Å². The zero-order valence-corrected chi connectivity index (χ0v) is 22.8. The van der Waals surface area contributed by atoms with Crippen molar-refractivity contribution < 1.29 is 23.8 Å². The van der Waals surface area contributed by atoms with Crippen LogP contribution in [0, 0.1) is 0 Å². The molecular weight excluding hydrogens is 486 g/mol. The van der Waals surface area contributed by atoms with Crippen LogP contribution in [0.3, 0.4) is 0 Å². The average molecular weight is 524 g/mol. The summed E-state index contributed by atoms with van der Waals surface area (Å²) in [6.07, 6.45) is 2.29. The van der Waals surface area contributed by atoms with Gasteiger partial charge in [-0.15, -0.1) is 5.10 Å². The van der Waals surface area contributed by atoms with Gasteiger partial charge in [0.15, 0.2) is 11.5 Å². The zero-order chi connectivity index (χ0) is 27.3. The lowest BCUT2D eigenvalue weighted by Crippen LogP contribution is -2.52. The highest BCUT2D eigenvalue weighted by atomic mass is 16.5. The van der Waals surface area contributed by atoms with Gasteiger partial charge in [-0.2, -0.15) is 0 Å².